The third kappa shape index (κ3) is 4.52. The van der Waals surface area contributed by atoms with Crippen LogP contribution in [0, 0.1) is 5.92 Å². The fourth-order valence-corrected chi connectivity index (χ4v) is 1.64. The molecule has 1 fully saturated rings. The summed E-state index contributed by atoms with van der Waals surface area (Å²) >= 11 is 0. The number of hydrogen-bond donors (Lipinski definition) is 2. The van der Waals surface area contributed by atoms with Gasteiger partial charge in [-0.1, -0.05) is 0 Å². The Labute approximate surface area is 99.3 Å². The number of amides is 1. The van der Waals surface area contributed by atoms with Gasteiger partial charge in [0.25, 0.3) is 0 Å². The predicted molar refractivity (Wildman–Crippen MR) is 58.4 cm³/mol. The molecule has 1 saturated heterocycles. The van der Waals surface area contributed by atoms with E-state index in [0.29, 0.717) is 19.6 Å². The van der Waals surface area contributed by atoms with Crippen LogP contribution >= 0.6 is 0 Å². The molecule has 2 N–H and O–H groups in total. The summed E-state index contributed by atoms with van der Waals surface area (Å²) in [6.45, 7) is 2.26. The zero-order valence-corrected chi connectivity index (χ0v) is 9.77. The lowest BCUT2D eigenvalue weighted by atomic mass is 10.1. The smallest absolute Gasteiger partial charge is 0.326 e. The van der Waals surface area contributed by atoms with Crippen molar-refractivity contribution >= 4 is 17.7 Å². The van der Waals surface area contributed by atoms with Crippen molar-refractivity contribution in [3.63, 3.8) is 0 Å². The molecule has 0 aromatic rings. The Morgan fingerprint density at radius 3 is 2.65 bits per heavy atom. The highest BCUT2D eigenvalue weighted by molar-refractivity contribution is 5.85. The highest BCUT2D eigenvalue weighted by atomic mass is 16.5. The molecule has 1 rings (SSSR count). The first-order valence-electron chi connectivity index (χ1n) is 5.61. The van der Waals surface area contributed by atoms with Crippen LogP contribution in [0.1, 0.15) is 26.2 Å². The fraction of sp³-hybridized carbons (Fsp3) is 0.727. The van der Waals surface area contributed by atoms with E-state index in [0.717, 1.165) is 0 Å². The van der Waals surface area contributed by atoms with Crippen molar-refractivity contribution in [2.75, 3.05) is 13.2 Å². The Hall–Kier alpha value is -1.43. The van der Waals surface area contributed by atoms with Gasteiger partial charge in [0.05, 0.1) is 12.5 Å². The lowest BCUT2D eigenvalue weighted by Crippen LogP contribution is -2.44. The molecule has 1 heterocycles. The van der Waals surface area contributed by atoms with Crippen LogP contribution in [0.2, 0.25) is 0 Å². The van der Waals surface area contributed by atoms with Gasteiger partial charge >= 0.3 is 5.97 Å². The third-order valence-corrected chi connectivity index (χ3v) is 2.70. The van der Waals surface area contributed by atoms with E-state index >= 15 is 0 Å². The fourth-order valence-electron chi connectivity index (χ4n) is 1.64. The number of carboxylic acid groups (broad SMARTS) is 1. The second kappa shape index (κ2) is 6.34. The van der Waals surface area contributed by atoms with Crippen LogP contribution in [-0.2, 0) is 19.1 Å². The second-order valence-corrected chi connectivity index (χ2v) is 4.20. The van der Waals surface area contributed by atoms with Gasteiger partial charge in [0.1, 0.15) is 11.8 Å². The molecule has 1 aliphatic heterocycles. The number of hydrogen-bond acceptors (Lipinski definition) is 4. The SMILES string of the molecule is CC(=O)CC[C@H](NC(=O)[C@H]1CCOC1)C(=O)O. The average Bonchev–Trinajstić information content (AvgIpc) is 2.76. The summed E-state index contributed by atoms with van der Waals surface area (Å²) in [6, 6.07) is -0.994. The van der Waals surface area contributed by atoms with Gasteiger partial charge in [0, 0.05) is 13.0 Å². The van der Waals surface area contributed by atoms with E-state index < -0.39 is 12.0 Å². The molecule has 96 valence electrons. The number of carboxylic acids is 1. The number of ketones is 1. The second-order valence-electron chi connectivity index (χ2n) is 4.20. The summed E-state index contributed by atoms with van der Waals surface area (Å²) in [4.78, 5) is 33.4. The summed E-state index contributed by atoms with van der Waals surface area (Å²) in [5.41, 5.74) is 0. The molecule has 17 heavy (non-hydrogen) atoms. The summed E-state index contributed by atoms with van der Waals surface area (Å²) in [6.07, 6.45) is 0.896. The van der Waals surface area contributed by atoms with Crippen LogP contribution in [0.25, 0.3) is 0 Å². The number of carbonyl (C=O) groups is 3. The maximum Gasteiger partial charge on any atom is 0.326 e. The van der Waals surface area contributed by atoms with Gasteiger partial charge in [-0.05, 0) is 19.8 Å². The summed E-state index contributed by atoms with van der Waals surface area (Å²) < 4.78 is 5.06. The van der Waals surface area contributed by atoms with E-state index in [1.54, 1.807) is 0 Å². The molecule has 0 unspecified atom stereocenters. The van der Waals surface area contributed by atoms with Crippen LogP contribution in [0.15, 0.2) is 0 Å². The number of aliphatic carboxylic acids is 1. The lowest BCUT2D eigenvalue weighted by Gasteiger charge is -2.16. The molecule has 0 aromatic heterocycles. The van der Waals surface area contributed by atoms with Crippen LogP contribution in [0.5, 0.6) is 0 Å². The monoisotopic (exact) mass is 243 g/mol. The lowest BCUT2D eigenvalue weighted by molar-refractivity contribution is -0.142. The zero-order valence-electron chi connectivity index (χ0n) is 9.77. The van der Waals surface area contributed by atoms with Gasteiger partial charge in [0.15, 0.2) is 0 Å². The maximum atomic E-state index is 11.7. The molecule has 0 saturated carbocycles. The summed E-state index contributed by atoms with van der Waals surface area (Å²) in [7, 11) is 0. The Morgan fingerprint density at radius 2 is 2.18 bits per heavy atom. The number of Topliss-reactive ketones (excluding diaryl/α,β-unsaturated/α-hetero) is 1. The average molecular weight is 243 g/mol. The van der Waals surface area contributed by atoms with Gasteiger partial charge in [-0.2, -0.15) is 0 Å². The van der Waals surface area contributed by atoms with Crippen LogP contribution in [-0.4, -0.2) is 42.0 Å². The van der Waals surface area contributed by atoms with Gasteiger partial charge < -0.3 is 20.0 Å². The Kier molecular flexibility index (Phi) is 5.09. The molecule has 0 aromatic carbocycles. The van der Waals surface area contributed by atoms with E-state index in [1.807, 2.05) is 0 Å². The highest BCUT2D eigenvalue weighted by Crippen LogP contribution is 2.13. The highest BCUT2D eigenvalue weighted by Gasteiger charge is 2.27. The molecule has 0 radical (unpaired) electrons. The zero-order chi connectivity index (χ0) is 12.8. The Balaban J connectivity index is 2.44. The van der Waals surface area contributed by atoms with Crippen LogP contribution in [0.4, 0.5) is 0 Å². The molecule has 2 atom stereocenters. The maximum absolute atomic E-state index is 11.7. The van der Waals surface area contributed by atoms with Gasteiger partial charge in [0.2, 0.25) is 5.91 Å². The number of rotatable bonds is 6. The van der Waals surface area contributed by atoms with E-state index in [4.69, 9.17) is 9.84 Å². The van der Waals surface area contributed by atoms with E-state index in [9.17, 15) is 14.4 Å². The quantitative estimate of drug-likeness (QED) is 0.683. The molecule has 1 amide bonds. The predicted octanol–water partition coefficient (Wildman–Crippen LogP) is -0.0385. The topological polar surface area (TPSA) is 92.7 Å². The molecular formula is C11H17NO5. The van der Waals surface area contributed by atoms with Crippen molar-refractivity contribution in [3.8, 4) is 0 Å². The molecule has 0 bridgehead atoms. The largest absolute Gasteiger partial charge is 0.480 e. The summed E-state index contributed by atoms with van der Waals surface area (Å²) in [5.74, 6) is -1.78. The number of nitrogens with one attached hydrogen (secondary N) is 1. The number of carbonyl (C=O) groups excluding carboxylic acids is 2. The number of ether oxygens (including phenoxy) is 1. The first-order chi connectivity index (χ1) is 8.00. The van der Waals surface area contributed by atoms with Crippen molar-refractivity contribution in [2.24, 2.45) is 5.92 Å². The van der Waals surface area contributed by atoms with Gasteiger partial charge in [-0.3, -0.25) is 4.79 Å². The Morgan fingerprint density at radius 1 is 1.47 bits per heavy atom. The van der Waals surface area contributed by atoms with Crippen LogP contribution < -0.4 is 5.32 Å². The first kappa shape index (κ1) is 13.6. The molecule has 0 aliphatic carbocycles. The minimum atomic E-state index is -1.11. The molecule has 1 aliphatic rings. The van der Waals surface area contributed by atoms with Crippen LogP contribution in [0.3, 0.4) is 0 Å². The molecule has 6 heteroatoms. The minimum absolute atomic E-state index is 0.0882. The van der Waals surface area contributed by atoms with E-state index in [2.05, 4.69) is 5.32 Å². The van der Waals surface area contributed by atoms with Crippen molar-refractivity contribution in [2.45, 2.75) is 32.2 Å². The summed E-state index contributed by atoms with van der Waals surface area (Å²) in [5, 5.41) is 11.4. The molecule has 0 spiro atoms. The van der Waals surface area contributed by atoms with Gasteiger partial charge in [-0.15, -0.1) is 0 Å². The van der Waals surface area contributed by atoms with Crippen molar-refractivity contribution in [1.29, 1.82) is 0 Å². The minimum Gasteiger partial charge on any atom is -0.480 e. The Bertz CT molecular complexity index is 309. The first-order valence-corrected chi connectivity index (χ1v) is 5.61. The molecular weight excluding hydrogens is 226 g/mol. The normalized spacial score (nSPS) is 20.9. The van der Waals surface area contributed by atoms with Gasteiger partial charge in [-0.25, -0.2) is 4.79 Å². The standard InChI is InChI=1S/C11H17NO5/c1-7(13)2-3-9(11(15)16)12-10(14)8-4-5-17-6-8/h8-9H,2-6H2,1H3,(H,12,14)(H,15,16)/t8-,9-/m0/s1. The third-order valence-electron chi connectivity index (χ3n) is 2.70. The van der Waals surface area contributed by atoms with E-state index in [-0.39, 0.29) is 30.4 Å². The molecule has 6 nitrogen and oxygen atoms in total. The van der Waals surface area contributed by atoms with E-state index in [1.165, 1.54) is 6.92 Å². The van der Waals surface area contributed by atoms with Crippen molar-refractivity contribution < 1.29 is 24.2 Å². The van der Waals surface area contributed by atoms with Crippen molar-refractivity contribution in [3.05, 3.63) is 0 Å². The van der Waals surface area contributed by atoms with Crippen molar-refractivity contribution in [1.82, 2.24) is 5.32 Å².